The number of aromatic nitrogens is 2. The van der Waals surface area contributed by atoms with E-state index in [2.05, 4.69) is 52.6 Å². The van der Waals surface area contributed by atoms with Gasteiger partial charge in [0, 0.05) is 42.3 Å². The van der Waals surface area contributed by atoms with Crippen LogP contribution in [0.25, 0.3) is 10.8 Å². The van der Waals surface area contributed by atoms with Crippen molar-refractivity contribution in [3.63, 3.8) is 0 Å². The highest BCUT2D eigenvalue weighted by Gasteiger charge is 2.36. The molecule has 37 heavy (non-hydrogen) atoms. The number of likely N-dealkylation sites (N-methyl/N-ethyl adjacent to an activating group) is 1. The number of halogens is 1. The molecule has 0 radical (unpaired) electrons. The van der Waals surface area contributed by atoms with E-state index in [0.29, 0.717) is 38.3 Å². The van der Waals surface area contributed by atoms with E-state index in [1.54, 1.807) is 0 Å². The predicted octanol–water partition coefficient (Wildman–Crippen LogP) is 4.51. The molecule has 2 aromatic carbocycles. The van der Waals surface area contributed by atoms with Gasteiger partial charge in [0.05, 0.1) is 23.2 Å². The van der Waals surface area contributed by atoms with Gasteiger partial charge >= 0.3 is 6.01 Å². The van der Waals surface area contributed by atoms with Crippen molar-refractivity contribution in [1.29, 1.82) is 0 Å². The second kappa shape index (κ2) is 9.95. The number of carbonyl (C=O) groups is 1. The van der Waals surface area contributed by atoms with E-state index in [1.807, 2.05) is 12.1 Å². The molecule has 0 bridgehead atoms. The molecule has 0 amide bonds. The van der Waals surface area contributed by atoms with Crippen LogP contribution in [0.1, 0.15) is 24.1 Å². The van der Waals surface area contributed by atoms with Gasteiger partial charge in [-0.2, -0.15) is 9.97 Å². The van der Waals surface area contributed by atoms with Crippen molar-refractivity contribution >= 4 is 39.7 Å². The minimum absolute atomic E-state index is 0.0162. The summed E-state index contributed by atoms with van der Waals surface area (Å²) < 4.78 is 6.20. The van der Waals surface area contributed by atoms with Gasteiger partial charge in [-0.25, -0.2) is 0 Å². The third-order valence-corrected chi connectivity index (χ3v) is 8.37. The molecule has 2 fully saturated rings. The molecule has 1 atom stereocenters. The average Bonchev–Trinajstić information content (AvgIpc) is 3.30. The number of carbonyl (C=O) groups excluding carboxylic acids is 1. The first kappa shape index (κ1) is 24.2. The van der Waals surface area contributed by atoms with Gasteiger partial charge in [-0.15, -0.1) is 0 Å². The molecule has 2 saturated heterocycles. The van der Waals surface area contributed by atoms with Crippen molar-refractivity contribution in [2.45, 2.75) is 31.8 Å². The molecule has 3 aliphatic heterocycles. The van der Waals surface area contributed by atoms with E-state index >= 15 is 0 Å². The van der Waals surface area contributed by atoms with Crippen LogP contribution in [-0.2, 0) is 17.8 Å². The number of ether oxygens (including phenoxy) is 1. The Kier molecular flexibility index (Phi) is 6.51. The van der Waals surface area contributed by atoms with Crippen molar-refractivity contribution in [3.8, 4) is 6.01 Å². The zero-order chi connectivity index (χ0) is 25.5. The zero-order valence-corrected chi connectivity index (χ0v) is 22.0. The molecular weight excluding hydrogens is 486 g/mol. The van der Waals surface area contributed by atoms with E-state index in [9.17, 15) is 4.79 Å². The summed E-state index contributed by atoms with van der Waals surface area (Å²) in [6.07, 6.45) is 4.56. The third kappa shape index (κ3) is 4.55. The number of fused-ring (bicyclic) bond motifs is 2. The summed E-state index contributed by atoms with van der Waals surface area (Å²) >= 11 is 6.65. The Morgan fingerprint density at radius 1 is 1.16 bits per heavy atom. The SMILES string of the molecule is C=CC(=O)C1CN(c2nc(OC[C@@H]3CCCN3C)nc3c2CCN(c2cccc4cccc(Cl)c24)C3)C1. The first-order valence-corrected chi connectivity index (χ1v) is 13.5. The summed E-state index contributed by atoms with van der Waals surface area (Å²) in [7, 11) is 2.14. The molecule has 3 aliphatic rings. The zero-order valence-electron chi connectivity index (χ0n) is 21.2. The molecular formula is C29H32ClN5O2. The predicted molar refractivity (Wildman–Crippen MR) is 148 cm³/mol. The average molecular weight is 518 g/mol. The topological polar surface area (TPSA) is 61.8 Å². The van der Waals surface area contributed by atoms with Gasteiger partial charge in [-0.05, 0) is 56.4 Å². The maximum absolute atomic E-state index is 12.1. The third-order valence-electron chi connectivity index (χ3n) is 8.06. The Morgan fingerprint density at radius 3 is 2.73 bits per heavy atom. The molecule has 7 nitrogen and oxygen atoms in total. The molecule has 4 heterocycles. The monoisotopic (exact) mass is 517 g/mol. The highest BCUT2D eigenvalue weighted by atomic mass is 35.5. The summed E-state index contributed by atoms with van der Waals surface area (Å²) in [6, 6.07) is 13.2. The number of nitrogens with zero attached hydrogens (tertiary/aromatic N) is 5. The van der Waals surface area contributed by atoms with Gasteiger partial charge in [0.15, 0.2) is 5.78 Å². The van der Waals surface area contributed by atoms with Gasteiger partial charge in [-0.3, -0.25) is 4.79 Å². The molecule has 0 saturated carbocycles. The van der Waals surface area contributed by atoms with Gasteiger partial charge in [0.2, 0.25) is 0 Å². The summed E-state index contributed by atoms with van der Waals surface area (Å²) in [4.78, 5) is 28.8. The lowest BCUT2D eigenvalue weighted by molar-refractivity contribution is -0.118. The maximum Gasteiger partial charge on any atom is 0.318 e. The van der Waals surface area contributed by atoms with Crippen molar-refractivity contribution in [2.75, 3.05) is 49.6 Å². The number of benzene rings is 2. The Bertz CT molecular complexity index is 1350. The quantitative estimate of drug-likeness (QED) is 0.427. The first-order chi connectivity index (χ1) is 18.0. The summed E-state index contributed by atoms with van der Waals surface area (Å²) in [5.74, 6) is 0.986. The Balaban J connectivity index is 1.31. The molecule has 0 spiro atoms. The second-order valence-corrected chi connectivity index (χ2v) is 10.7. The number of anilines is 2. The number of ketones is 1. The van der Waals surface area contributed by atoms with Crippen LogP contribution >= 0.6 is 11.6 Å². The number of allylic oxidation sites excluding steroid dienone is 1. The van der Waals surface area contributed by atoms with Crippen LogP contribution in [0.5, 0.6) is 6.01 Å². The van der Waals surface area contributed by atoms with Crippen LogP contribution in [0, 0.1) is 5.92 Å². The number of hydrogen-bond donors (Lipinski definition) is 0. The number of rotatable bonds is 7. The van der Waals surface area contributed by atoms with Crippen LogP contribution < -0.4 is 14.5 Å². The van der Waals surface area contributed by atoms with Crippen LogP contribution in [0.3, 0.4) is 0 Å². The number of hydrogen-bond acceptors (Lipinski definition) is 7. The Hall–Kier alpha value is -3.16. The summed E-state index contributed by atoms with van der Waals surface area (Å²) in [5, 5.41) is 2.95. The molecule has 0 unspecified atom stereocenters. The molecule has 0 aliphatic carbocycles. The normalized spacial score (nSPS) is 20.1. The molecule has 192 valence electrons. The van der Waals surface area contributed by atoms with Gasteiger partial charge in [0.25, 0.3) is 0 Å². The highest BCUT2D eigenvalue weighted by molar-refractivity contribution is 6.36. The standard InChI is InChI=1S/C29H32ClN5O2/c1-3-26(36)20-15-35(16-20)28-22-12-14-34(25-11-5-8-19-7-4-10-23(30)27(19)25)17-24(22)31-29(32-28)37-18-21-9-6-13-33(21)2/h3-5,7-8,10-11,20-21H,1,6,9,12-18H2,2H3/t21-/m0/s1. The maximum atomic E-state index is 12.1. The lowest BCUT2D eigenvalue weighted by atomic mass is 9.93. The molecule has 6 rings (SSSR count). The summed E-state index contributed by atoms with van der Waals surface area (Å²) in [5.41, 5.74) is 3.25. The lowest BCUT2D eigenvalue weighted by Gasteiger charge is -2.41. The largest absolute Gasteiger partial charge is 0.462 e. The van der Waals surface area contributed by atoms with Crippen molar-refractivity contribution < 1.29 is 9.53 Å². The molecule has 1 aromatic heterocycles. The van der Waals surface area contributed by atoms with Gasteiger partial charge in [0.1, 0.15) is 12.4 Å². The first-order valence-electron chi connectivity index (χ1n) is 13.1. The fourth-order valence-corrected chi connectivity index (χ4v) is 6.10. The highest BCUT2D eigenvalue weighted by Crippen LogP contribution is 2.38. The fraction of sp³-hybridized carbons (Fsp3) is 0.414. The van der Waals surface area contributed by atoms with Crippen LogP contribution in [0.15, 0.2) is 49.1 Å². The van der Waals surface area contributed by atoms with E-state index in [0.717, 1.165) is 64.5 Å². The minimum atomic E-state index is -0.0162. The van der Waals surface area contributed by atoms with Crippen LogP contribution in [-0.4, -0.2) is 66.5 Å². The fourth-order valence-electron chi connectivity index (χ4n) is 5.82. The van der Waals surface area contributed by atoms with Crippen molar-refractivity contribution in [1.82, 2.24) is 14.9 Å². The molecule has 8 heteroatoms. The molecule has 3 aromatic rings. The lowest BCUT2D eigenvalue weighted by Crippen LogP contribution is -2.51. The van der Waals surface area contributed by atoms with Crippen molar-refractivity contribution in [3.05, 3.63) is 65.3 Å². The van der Waals surface area contributed by atoms with Gasteiger partial charge < -0.3 is 19.4 Å². The number of likely N-dealkylation sites (tertiary alicyclic amines) is 1. The summed E-state index contributed by atoms with van der Waals surface area (Å²) in [6.45, 7) is 8.12. The van der Waals surface area contributed by atoms with Gasteiger partial charge in [-0.1, -0.05) is 42.4 Å². The molecule has 0 N–H and O–H groups in total. The minimum Gasteiger partial charge on any atom is -0.462 e. The Labute approximate surface area is 222 Å². The van der Waals surface area contributed by atoms with Crippen LogP contribution in [0.2, 0.25) is 5.02 Å². The van der Waals surface area contributed by atoms with E-state index in [1.165, 1.54) is 12.5 Å². The van der Waals surface area contributed by atoms with E-state index < -0.39 is 0 Å². The Morgan fingerprint density at radius 2 is 1.97 bits per heavy atom. The smallest absolute Gasteiger partial charge is 0.318 e. The van der Waals surface area contributed by atoms with E-state index in [-0.39, 0.29) is 11.7 Å². The van der Waals surface area contributed by atoms with E-state index in [4.69, 9.17) is 26.3 Å². The van der Waals surface area contributed by atoms with Crippen LogP contribution in [0.4, 0.5) is 11.5 Å². The second-order valence-electron chi connectivity index (χ2n) is 10.3. The van der Waals surface area contributed by atoms with Crippen molar-refractivity contribution in [2.24, 2.45) is 5.92 Å².